The maximum atomic E-state index is 13.3. The van der Waals surface area contributed by atoms with Gasteiger partial charge < -0.3 is 14.6 Å². The lowest BCUT2D eigenvalue weighted by Gasteiger charge is -2.35. The number of rotatable bonds is 5. The summed E-state index contributed by atoms with van der Waals surface area (Å²) in [5.74, 6) is -1.21. The smallest absolute Gasteiger partial charge is 0.262 e. The van der Waals surface area contributed by atoms with Gasteiger partial charge in [0, 0.05) is 49.0 Å². The molecule has 0 bridgehead atoms. The van der Waals surface area contributed by atoms with Gasteiger partial charge in [0.05, 0.1) is 8.32 Å². The Morgan fingerprint density at radius 3 is 2.47 bits per heavy atom. The van der Waals surface area contributed by atoms with Crippen LogP contribution in [0.15, 0.2) is 47.5 Å². The number of nitrogens with one attached hydrogen (secondary N) is 1. The first kappa shape index (κ1) is 24.8. The maximum Gasteiger partial charge on any atom is 0.262 e. The summed E-state index contributed by atoms with van der Waals surface area (Å²) in [6.07, 6.45) is 3.75. The van der Waals surface area contributed by atoms with Crippen molar-refractivity contribution in [2.45, 2.75) is 40.9 Å². The van der Waals surface area contributed by atoms with E-state index in [0.717, 1.165) is 47.5 Å². The Bertz CT molecular complexity index is 1360. The molecule has 3 aromatic rings. The van der Waals surface area contributed by atoms with E-state index in [-0.39, 0.29) is 16.7 Å². The molecule has 0 saturated carbocycles. The van der Waals surface area contributed by atoms with Crippen LogP contribution in [0.3, 0.4) is 0 Å². The van der Waals surface area contributed by atoms with E-state index in [4.69, 9.17) is 0 Å². The number of hydrogen-bond donors (Lipinski definition) is 2. The van der Waals surface area contributed by atoms with Crippen LogP contribution in [-0.4, -0.2) is 45.4 Å². The Balaban J connectivity index is 1.59. The van der Waals surface area contributed by atoms with Crippen LogP contribution in [-0.2, 0) is 21.9 Å². The van der Waals surface area contributed by atoms with E-state index in [9.17, 15) is 22.7 Å². The van der Waals surface area contributed by atoms with Gasteiger partial charge in [-0.15, -0.1) is 0 Å². The number of aryl methyl sites for hydroxylation is 1. The van der Waals surface area contributed by atoms with E-state index in [2.05, 4.69) is 33.5 Å². The lowest BCUT2D eigenvalue weighted by atomic mass is 9.88. The second-order valence-electron chi connectivity index (χ2n) is 9.18. The highest BCUT2D eigenvalue weighted by atomic mass is 127. The number of fused-ring (bicyclic) bond motifs is 1. The van der Waals surface area contributed by atoms with Crippen molar-refractivity contribution in [2.24, 2.45) is 7.05 Å². The third kappa shape index (κ3) is 4.88. The summed E-state index contributed by atoms with van der Waals surface area (Å²) >= 11 is 2.18. The lowest BCUT2D eigenvalue weighted by molar-refractivity contribution is -0.133. The molecule has 1 aromatic heterocycles. The van der Waals surface area contributed by atoms with Gasteiger partial charge in [-0.2, -0.15) is 0 Å². The first-order valence-electron chi connectivity index (χ1n) is 11.0. The quantitative estimate of drug-likeness (QED) is 0.328. The fourth-order valence-electron chi connectivity index (χ4n) is 4.45. The van der Waals surface area contributed by atoms with Gasteiger partial charge in [-0.25, -0.2) is 12.8 Å². The van der Waals surface area contributed by atoms with E-state index in [1.807, 2.05) is 36.4 Å². The zero-order valence-electron chi connectivity index (χ0n) is 19.2. The molecule has 182 valence electrons. The van der Waals surface area contributed by atoms with Crippen molar-refractivity contribution < 1.29 is 22.7 Å². The molecular weight excluding hydrogens is 572 g/mol. The van der Waals surface area contributed by atoms with Crippen molar-refractivity contribution in [1.29, 1.82) is 0 Å². The summed E-state index contributed by atoms with van der Waals surface area (Å²) in [7, 11) is -2.06. The van der Waals surface area contributed by atoms with Gasteiger partial charge in [0.1, 0.15) is 0 Å². The molecule has 1 aliphatic heterocycles. The number of sulfonamides is 1. The number of hydrogen-bond acceptors (Lipinski definition) is 4. The molecular formula is C24H27FIN3O4S. The summed E-state index contributed by atoms with van der Waals surface area (Å²) in [4.78, 5) is 14.3. The predicted molar refractivity (Wildman–Crippen MR) is 138 cm³/mol. The summed E-state index contributed by atoms with van der Waals surface area (Å²) in [6, 6.07) is 8.24. The van der Waals surface area contributed by atoms with Crippen molar-refractivity contribution in [3.63, 3.8) is 0 Å². The van der Waals surface area contributed by atoms with Gasteiger partial charge in [-0.05, 0) is 68.5 Å². The Kier molecular flexibility index (Phi) is 6.58. The van der Waals surface area contributed by atoms with E-state index in [1.165, 1.54) is 0 Å². The third-order valence-electron chi connectivity index (χ3n) is 6.23. The molecule has 2 aromatic carbocycles. The number of aromatic nitrogens is 1. The van der Waals surface area contributed by atoms with Crippen LogP contribution < -0.4 is 4.72 Å². The van der Waals surface area contributed by atoms with E-state index in [1.54, 1.807) is 12.1 Å². The number of piperidine rings is 1. The molecule has 1 fully saturated rings. The number of phenols is 1. The molecule has 0 unspecified atom stereocenters. The van der Waals surface area contributed by atoms with Crippen molar-refractivity contribution in [3.05, 3.63) is 54.0 Å². The zero-order valence-corrected chi connectivity index (χ0v) is 22.2. The van der Waals surface area contributed by atoms with Crippen molar-refractivity contribution in [1.82, 2.24) is 9.47 Å². The largest absolute Gasteiger partial charge is 0.505 e. The molecule has 1 amide bonds. The molecule has 4 rings (SSSR count). The van der Waals surface area contributed by atoms with Crippen LogP contribution >= 0.6 is 22.6 Å². The van der Waals surface area contributed by atoms with Gasteiger partial charge in [0.25, 0.3) is 10.0 Å². The molecule has 0 aliphatic carbocycles. The maximum absolute atomic E-state index is 13.3. The van der Waals surface area contributed by atoms with Crippen LogP contribution in [0.5, 0.6) is 5.75 Å². The normalized spacial score (nSPS) is 15.6. The fraction of sp³-hybridized carbons (Fsp3) is 0.375. The predicted octanol–water partition coefficient (Wildman–Crippen LogP) is 4.74. The van der Waals surface area contributed by atoms with Crippen LogP contribution in [0.1, 0.15) is 38.2 Å². The second kappa shape index (κ2) is 9.03. The number of carbonyl (C=O) groups excluding carboxylic acids is 1. The second-order valence-corrected chi connectivity index (χ2v) is 13.6. The number of benzene rings is 2. The van der Waals surface area contributed by atoms with Gasteiger partial charge in [-0.1, -0.05) is 22.6 Å². The number of carbonyl (C=O) groups is 1. The molecule has 34 heavy (non-hydrogen) atoms. The number of alkyl halides is 1. The number of phenolic OH excluding ortho intramolecular Hbond substituents is 1. The Morgan fingerprint density at radius 2 is 1.85 bits per heavy atom. The number of likely N-dealkylation sites (tertiary alicyclic amines) is 1. The van der Waals surface area contributed by atoms with Crippen molar-refractivity contribution in [2.75, 3.05) is 17.8 Å². The van der Waals surface area contributed by atoms with E-state index >= 15 is 0 Å². The Hall–Kier alpha value is -2.34. The minimum Gasteiger partial charge on any atom is -0.505 e. The van der Waals surface area contributed by atoms with E-state index < -0.39 is 25.0 Å². The molecule has 7 nitrogen and oxygen atoms in total. The molecule has 0 atom stereocenters. The molecule has 1 saturated heterocycles. The Morgan fingerprint density at radius 1 is 1.18 bits per heavy atom. The average molecular weight is 599 g/mol. The van der Waals surface area contributed by atoms with E-state index in [0.29, 0.717) is 18.8 Å². The monoisotopic (exact) mass is 599 g/mol. The first-order valence-corrected chi connectivity index (χ1v) is 13.5. The van der Waals surface area contributed by atoms with Crippen molar-refractivity contribution in [3.8, 4) is 5.75 Å². The highest BCUT2D eigenvalue weighted by Crippen LogP contribution is 2.36. The molecule has 10 heteroatoms. The summed E-state index contributed by atoms with van der Waals surface area (Å²) < 4.78 is 43.0. The van der Waals surface area contributed by atoms with Gasteiger partial charge in [0.2, 0.25) is 5.91 Å². The molecule has 1 aliphatic rings. The number of aromatic hydroxyl groups is 1. The molecule has 2 N–H and O–H groups in total. The van der Waals surface area contributed by atoms with Gasteiger partial charge in [-0.3, -0.25) is 9.52 Å². The van der Waals surface area contributed by atoms with Crippen LogP contribution in [0, 0.1) is 5.82 Å². The minimum absolute atomic E-state index is 0.146. The SMILES string of the molecule is Cn1cc(C2CCN(C(=O)C(C)(C)I)CC2)c2cc(NS(=O)(=O)c3ccc(F)c(O)c3)ccc21. The highest BCUT2D eigenvalue weighted by Gasteiger charge is 2.32. The Labute approximate surface area is 212 Å². The van der Waals surface area contributed by atoms with Crippen molar-refractivity contribution >= 4 is 55.1 Å². The molecule has 2 heterocycles. The first-order chi connectivity index (χ1) is 15.9. The number of anilines is 1. The summed E-state index contributed by atoms with van der Waals surface area (Å²) in [6.45, 7) is 5.21. The highest BCUT2D eigenvalue weighted by molar-refractivity contribution is 14.1. The average Bonchev–Trinajstić information content (AvgIpc) is 3.10. The van der Waals surface area contributed by atoms with Gasteiger partial charge in [0.15, 0.2) is 11.6 Å². The third-order valence-corrected chi connectivity index (χ3v) is 8.07. The summed E-state index contributed by atoms with van der Waals surface area (Å²) in [5, 5.41) is 10.5. The lowest BCUT2D eigenvalue weighted by Crippen LogP contribution is -2.45. The topological polar surface area (TPSA) is 91.6 Å². The summed E-state index contributed by atoms with van der Waals surface area (Å²) in [5.41, 5.74) is 2.48. The fourth-order valence-corrected chi connectivity index (χ4v) is 5.86. The number of halogens is 2. The standard InChI is InChI=1S/C24H27FIN3O4S/c1-24(2,26)23(31)29-10-8-15(9-11-29)19-14-28(3)21-7-4-16(12-18(19)21)27-34(32,33)17-5-6-20(25)22(30)13-17/h4-7,12-15,27,30H,8-11H2,1-3H3. The molecule has 0 spiro atoms. The zero-order chi connectivity index (χ0) is 24.8. The van der Waals surface area contributed by atoms with Crippen LogP contribution in [0.25, 0.3) is 10.9 Å². The number of nitrogens with zero attached hydrogens (tertiary/aromatic N) is 2. The van der Waals surface area contributed by atoms with Gasteiger partial charge >= 0.3 is 0 Å². The van der Waals surface area contributed by atoms with Crippen LogP contribution in [0.2, 0.25) is 0 Å². The minimum atomic E-state index is -4.01. The molecule has 0 radical (unpaired) electrons. The number of amides is 1. The van der Waals surface area contributed by atoms with Crippen LogP contribution in [0.4, 0.5) is 10.1 Å².